The van der Waals surface area contributed by atoms with Gasteiger partial charge in [0.1, 0.15) is 26.8 Å². The van der Waals surface area contributed by atoms with Crippen molar-refractivity contribution in [3.63, 3.8) is 0 Å². The molecule has 0 amide bonds. The van der Waals surface area contributed by atoms with Crippen LogP contribution in [0.15, 0.2) is 69.6 Å². The number of unbranched alkanes of at least 4 members (excludes halogenated alkanes) is 4. The second kappa shape index (κ2) is 17.1. The van der Waals surface area contributed by atoms with Gasteiger partial charge in [0.05, 0.1) is 15.2 Å². The number of hydrogen-bond acceptors (Lipinski definition) is 9. The van der Waals surface area contributed by atoms with Crippen molar-refractivity contribution in [3.05, 3.63) is 70.9 Å². The van der Waals surface area contributed by atoms with Gasteiger partial charge in [-0.2, -0.15) is 4.58 Å². The number of allylic oxidation sites excluding steroid dienone is 4. The summed E-state index contributed by atoms with van der Waals surface area (Å²) in [7, 11) is -9.42. The second-order valence-electron chi connectivity index (χ2n) is 14.2. The SMILES string of the molecule is CCC(=C\C1=[N+](CCCCCC(=O)O)c2ccc(S(=O)(=O)[O-])cc2C1(C)C)/C=C1/N(CCCCCC(=O)O)c2ccc(S(=O)(=O)[O-])cc2C1(C)C.[Na+]. The zero-order valence-corrected chi connectivity index (χ0v) is 34.4. The number of aliphatic carboxylic acids is 2. The van der Waals surface area contributed by atoms with Gasteiger partial charge < -0.3 is 24.2 Å². The van der Waals surface area contributed by atoms with Gasteiger partial charge in [-0.05, 0) is 93.5 Å². The summed E-state index contributed by atoms with van der Waals surface area (Å²) < 4.78 is 74.1. The molecule has 0 bridgehead atoms. The van der Waals surface area contributed by atoms with E-state index in [4.69, 9.17) is 10.2 Å². The Morgan fingerprint density at radius 1 is 0.788 bits per heavy atom. The summed E-state index contributed by atoms with van der Waals surface area (Å²) in [6.07, 6.45) is 8.56. The molecular weight excluding hydrogens is 720 g/mol. The summed E-state index contributed by atoms with van der Waals surface area (Å²) in [6.45, 7) is 10.9. The van der Waals surface area contributed by atoms with E-state index in [1.165, 1.54) is 24.3 Å². The summed E-state index contributed by atoms with van der Waals surface area (Å²) in [5.74, 6) is -1.72. The van der Waals surface area contributed by atoms with E-state index < -0.39 is 43.0 Å². The van der Waals surface area contributed by atoms with Crippen LogP contribution in [0, 0.1) is 0 Å². The molecule has 0 unspecified atom stereocenters. The Kier molecular flexibility index (Phi) is 14.3. The second-order valence-corrected chi connectivity index (χ2v) is 17.0. The van der Waals surface area contributed by atoms with Crippen molar-refractivity contribution in [2.45, 2.75) is 113 Å². The molecule has 0 aromatic heterocycles. The molecule has 2 aromatic carbocycles. The summed E-state index contributed by atoms with van der Waals surface area (Å²) in [5.41, 5.74) is 4.13. The van der Waals surface area contributed by atoms with Crippen LogP contribution in [0.2, 0.25) is 0 Å². The fourth-order valence-electron chi connectivity index (χ4n) is 7.06. The fraction of sp³-hybridized carbons (Fsp3) is 0.486. The molecule has 2 N–H and O–H groups in total. The van der Waals surface area contributed by atoms with Gasteiger partial charge in [0.15, 0.2) is 5.71 Å². The number of benzene rings is 2. The quantitative estimate of drug-likeness (QED) is 0.104. The molecule has 0 fully saturated rings. The van der Waals surface area contributed by atoms with Crippen LogP contribution in [0.1, 0.15) is 104 Å². The van der Waals surface area contributed by atoms with E-state index in [1.54, 1.807) is 12.1 Å². The van der Waals surface area contributed by atoms with Crippen LogP contribution >= 0.6 is 0 Å². The molecule has 0 saturated carbocycles. The number of hydrogen-bond donors (Lipinski definition) is 2. The van der Waals surface area contributed by atoms with Crippen molar-refractivity contribution >= 4 is 49.3 Å². The maximum atomic E-state index is 12.0. The first-order valence-electron chi connectivity index (χ1n) is 17.2. The van der Waals surface area contributed by atoms with E-state index in [9.17, 15) is 35.5 Å². The molecule has 0 radical (unpaired) electrons. The smallest absolute Gasteiger partial charge is 0.744 e. The normalized spacial score (nSPS) is 17.2. The van der Waals surface area contributed by atoms with E-state index >= 15 is 0 Å². The van der Waals surface area contributed by atoms with Crippen LogP contribution < -0.4 is 34.5 Å². The molecule has 0 aliphatic carbocycles. The zero-order valence-electron chi connectivity index (χ0n) is 30.8. The van der Waals surface area contributed by atoms with Gasteiger partial charge in [-0.1, -0.05) is 27.2 Å². The fourth-order valence-corrected chi connectivity index (χ4v) is 8.06. The number of fused-ring (bicyclic) bond motifs is 2. The van der Waals surface area contributed by atoms with Crippen LogP contribution in [-0.4, -0.2) is 71.5 Å². The number of carboxylic acids is 2. The van der Waals surface area contributed by atoms with E-state index in [0.717, 1.165) is 28.4 Å². The summed E-state index contributed by atoms with van der Waals surface area (Å²) in [5, 5.41) is 18.2. The number of anilines is 1. The van der Waals surface area contributed by atoms with Crippen molar-refractivity contribution in [1.82, 2.24) is 0 Å². The number of carboxylic acid groups (broad SMARTS) is 2. The standard InChI is InChI=1S/C37H48N2O10S2.Na/c1-6-25(21-32-36(2,3)28-23-26(50(44,45)46)15-17-30(28)38(32)19-11-7-9-13-34(40)41)22-33-37(4,5)29-24-27(51(47,48)49)16-18-31(29)39(33)20-12-8-10-14-35(42)43;/h15-18,21-24H,6-14,19-20H2,1-5H3,(H3-,40,41,42,43,44,45,46,47,48,49);/q;+1/p-1. The molecule has 278 valence electrons. The zero-order chi connectivity index (χ0) is 37.9. The molecule has 2 aromatic rings. The molecule has 2 aliphatic rings. The first kappa shape index (κ1) is 43.6. The molecule has 0 spiro atoms. The van der Waals surface area contributed by atoms with E-state index in [1.807, 2.05) is 34.6 Å². The summed E-state index contributed by atoms with van der Waals surface area (Å²) in [4.78, 5) is 23.6. The topological polar surface area (TPSA) is 195 Å². The van der Waals surface area contributed by atoms with Crippen molar-refractivity contribution < 1.29 is 79.9 Å². The van der Waals surface area contributed by atoms with Crippen LogP contribution in [0.25, 0.3) is 0 Å². The predicted molar refractivity (Wildman–Crippen MR) is 191 cm³/mol. The van der Waals surface area contributed by atoms with Crippen molar-refractivity contribution in [2.24, 2.45) is 0 Å². The number of nitrogens with zero attached hydrogens (tertiary/aromatic N) is 2. The first-order chi connectivity index (χ1) is 23.7. The van der Waals surface area contributed by atoms with E-state index in [-0.39, 0.29) is 52.2 Å². The maximum absolute atomic E-state index is 12.0. The minimum atomic E-state index is -4.71. The Morgan fingerprint density at radius 2 is 1.33 bits per heavy atom. The third kappa shape index (κ3) is 9.82. The first-order valence-corrected chi connectivity index (χ1v) is 20.0. The maximum Gasteiger partial charge on any atom is 1.00 e. The third-order valence-corrected chi connectivity index (χ3v) is 11.6. The molecule has 12 nitrogen and oxygen atoms in total. The van der Waals surface area contributed by atoms with Crippen molar-refractivity contribution in [2.75, 3.05) is 18.0 Å². The Balaban J connectivity index is 0.00000729. The van der Waals surface area contributed by atoms with Gasteiger partial charge in [-0.25, -0.2) is 16.8 Å². The van der Waals surface area contributed by atoms with E-state index in [0.29, 0.717) is 69.2 Å². The van der Waals surface area contributed by atoms with Gasteiger partial charge in [-0.3, -0.25) is 9.59 Å². The molecule has 2 aliphatic heterocycles. The van der Waals surface area contributed by atoms with E-state index in [2.05, 4.69) is 21.6 Å². The van der Waals surface area contributed by atoms with Gasteiger partial charge in [0.25, 0.3) is 0 Å². The predicted octanol–water partition coefficient (Wildman–Crippen LogP) is 3.18. The Hall–Kier alpha value is -2.85. The Labute approximate surface area is 329 Å². The van der Waals surface area contributed by atoms with Gasteiger partial charge in [0, 0.05) is 60.3 Å². The number of rotatable bonds is 17. The summed E-state index contributed by atoms with van der Waals surface area (Å²) >= 11 is 0. The average Bonchev–Trinajstić information content (AvgIpc) is 3.37. The van der Waals surface area contributed by atoms with Gasteiger partial charge in [0.2, 0.25) is 5.69 Å². The van der Waals surface area contributed by atoms with Crippen molar-refractivity contribution in [3.8, 4) is 0 Å². The molecule has 0 saturated heterocycles. The minimum Gasteiger partial charge on any atom is -0.744 e. The molecule has 4 rings (SSSR count). The van der Waals surface area contributed by atoms with Crippen LogP contribution in [0.5, 0.6) is 0 Å². The molecule has 52 heavy (non-hydrogen) atoms. The monoisotopic (exact) mass is 766 g/mol. The van der Waals surface area contributed by atoms with Crippen molar-refractivity contribution in [1.29, 1.82) is 0 Å². The molecule has 15 heteroatoms. The molecule has 0 atom stereocenters. The largest absolute Gasteiger partial charge is 1.00 e. The van der Waals surface area contributed by atoms with Crippen LogP contribution in [-0.2, 0) is 40.7 Å². The van der Waals surface area contributed by atoms with Crippen LogP contribution in [0.4, 0.5) is 11.4 Å². The number of carbonyl (C=O) groups is 2. The Bertz CT molecular complexity index is 2020. The van der Waals surface area contributed by atoms with Gasteiger partial charge >= 0.3 is 41.5 Å². The van der Waals surface area contributed by atoms with Crippen LogP contribution in [0.3, 0.4) is 0 Å². The average molecular weight is 767 g/mol. The minimum absolute atomic E-state index is 0. The molecule has 2 heterocycles. The Morgan fingerprint density at radius 3 is 1.87 bits per heavy atom. The molecular formula is C37H47N2NaO10S2. The third-order valence-electron chi connectivity index (χ3n) is 9.90. The summed E-state index contributed by atoms with van der Waals surface area (Å²) in [6, 6.07) is 8.79. The van der Waals surface area contributed by atoms with Gasteiger partial charge in [-0.15, -0.1) is 0 Å².